The summed E-state index contributed by atoms with van der Waals surface area (Å²) in [6.07, 6.45) is 72.2. The van der Waals surface area contributed by atoms with Gasteiger partial charge in [0.15, 0.2) is 6.10 Å². The third-order valence-corrected chi connectivity index (χ3v) is 16.5. The van der Waals surface area contributed by atoms with Crippen LogP contribution in [0.25, 0.3) is 0 Å². The fourth-order valence-corrected chi connectivity index (χ4v) is 11.3. The number of nitrogens with two attached hydrogens (primary N) is 1. The van der Waals surface area contributed by atoms with Gasteiger partial charge < -0.3 is 20.1 Å². The molecule has 10 heteroatoms. The summed E-state index contributed by atoms with van der Waals surface area (Å²) in [4.78, 5) is 35.2. The molecular weight excluding hydrogens is 954 g/mol. The molecule has 0 aliphatic rings. The zero-order chi connectivity index (χ0) is 54.5. The first kappa shape index (κ1) is 74.0. The maximum atomic E-state index is 12.7. The van der Waals surface area contributed by atoms with E-state index in [0.29, 0.717) is 6.42 Å². The quantitative estimate of drug-likeness (QED) is 0.0347. The van der Waals surface area contributed by atoms with Crippen LogP contribution in [0.2, 0.25) is 0 Å². The van der Waals surface area contributed by atoms with E-state index in [-0.39, 0.29) is 38.6 Å². The van der Waals surface area contributed by atoms with E-state index in [1.54, 1.807) is 0 Å². The molecule has 0 aromatic heterocycles. The van der Waals surface area contributed by atoms with Gasteiger partial charge in [-0.1, -0.05) is 348 Å². The summed E-state index contributed by atoms with van der Waals surface area (Å²) < 4.78 is 33.1. The van der Waals surface area contributed by atoms with Crippen molar-refractivity contribution < 1.29 is 37.6 Å². The largest absolute Gasteiger partial charge is 0.472 e. The zero-order valence-corrected chi connectivity index (χ0v) is 51.2. The Labute approximate surface area is 467 Å². The van der Waals surface area contributed by atoms with Gasteiger partial charge in [0.25, 0.3) is 0 Å². The molecule has 0 heterocycles. The molecule has 75 heavy (non-hydrogen) atoms. The van der Waals surface area contributed by atoms with Crippen LogP contribution in [0.15, 0.2) is 0 Å². The minimum absolute atomic E-state index is 0.0586. The summed E-state index contributed by atoms with van der Waals surface area (Å²) in [7, 11) is -4.38. The van der Waals surface area contributed by atoms with Crippen molar-refractivity contribution >= 4 is 19.8 Å². The smallest absolute Gasteiger partial charge is 0.462 e. The van der Waals surface area contributed by atoms with Crippen molar-refractivity contribution in [2.24, 2.45) is 5.73 Å². The van der Waals surface area contributed by atoms with E-state index in [9.17, 15) is 19.0 Å². The Bertz CT molecular complexity index is 1190. The molecule has 0 aromatic rings. The first-order chi connectivity index (χ1) is 36.8. The molecule has 0 aromatic carbocycles. The summed E-state index contributed by atoms with van der Waals surface area (Å²) in [6.45, 7) is 3.82. The van der Waals surface area contributed by atoms with Gasteiger partial charge in [-0.3, -0.25) is 18.6 Å². The summed E-state index contributed by atoms with van der Waals surface area (Å²) in [6, 6.07) is 0. The molecule has 9 nitrogen and oxygen atoms in total. The summed E-state index contributed by atoms with van der Waals surface area (Å²) in [5.41, 5.74) is 5.39. The Morgan fingerprint density at radius 2 is 0.573 bits per heavy atom. The predicted molar refractivity (Wildman–Crippen MR) is 322 cm³/mol. The average Bonchev–Trinajstić information content (AvgIpc) is 3.40. The summed E-state index contributed by atoms with van der Waals surface area (Å²) in [5, 5.41) is 0. The van der Waals surface area contributed by atoms with Gasteiger partial charge in [0, 0.05) is 19.4 Å². The SMILES string of the molecule is CCCCCCCCCCCCCCCCCCCCCCCCCCCCCCCCCCCCCCCCCC(=O)OC(COC(=O)CCCCCCCCCCCCCCCCC)COP(=O)(O)OCCN. The van der Waals surface area contributed by atoms with Gasteiger partial charge in [-0.2, -0.15) is 0 Å². The van der Waals surface area contributed by atoms with Crippen molar-refractivity contribution in [2.75, 3.05) is 26.4 Å². The topological polar surface area (TPSA) is 134 Å². The second kappa shape index (κ2) is 62.2. The fraction of sp³-hybridized carbons (Fsp3) is 0.969. The number of phosphoric acid groups is 1. The highest BCUT2D eigenvalue weighted by Crippen LogP contribution is 2.43. The van der Waals surface area contributed by atoms with Gasteiger partial charge in [-0.25, -0.2) is 4.57 Å². The van der Waals surface area contributed by atoms with Gasteiger partial charge in [0.1, 0.15) is 6.61 Å². The maximum Gasteiger partial charge on any atom is 0.472 e. The summed E-state index contributed by atoms with van der Waals surface area (Å²) in [5.74, 6) is -0.802. The Kier molecular flexibility index (Phi) is 61.4. The van der Waals surface area contributed by atoms with E-state index in [1.165, 1.54) is 308 Å². The Hall–Kier alpha value is -0.990. The van der Waals surface area contributed by atoms with Gasteiger partial charge in [-0.05, 0) is 12.8 Å². The number of hydrogen-bond donors (Lipinski definition) is 2. The van der Waals surface area contributed by atoms with Crippen molar-refractivity contribution in [3.8, 4) is 0 Å². The van der Waals surface area contributed by atoms with Gasteiger partial charge in [-0.15, -0.1) is 0 Å². The van der Waals surface area contributed by atoms with Gasteiger partial charge >= 0.3 is 19.8 Å². The lowest BCUT2D eigenvalue weighted by molar-refractivity contribution is -0.161. The minimum Gasteiger partial charge on any atom is -0.462 e. The van der Waals surface area contributed by atoms with Crippen LogP contribution in [-0.2, 0) is 32.7 Å². The first-order valence-corrected chi connectivity index (χ1v) is 35.0. The van der Waals surface area contributed by atoms with Crippen molar-refractivity contribution in [1.29, 1.82) is 0 Å². The number of esters is 2. The lowest BCUT2D eigenvalue weighted by atomic mass is 10.0. The molecule has 0 bridgehead atoms. The third-order valence-electron chi connectivity index (χ3n) is 15.5. The van der Waals surface area contributed by atoms with E-state index in [2.05, 4.69) is 13.8 Å². The van der Waals surface area contributed by atoms with E-state index in [1.807, 2.05) is 0 Å². The zero-order valence-electron chi connectivity index (χ0n) is 50.3. The van der Waals surface area contributed by atoms with Crippen LogP contribution in [0.5, 0.6) is 0 Å². The molecule has 0 aliphatic carbocycles. The molecule has 2 unspecified atom stereocenters. The molecule has 0 saturated carbocycles. The van der Waals surface area contributed by atoms with Crippen molar-refractivity contribution in [3.63, 3.8) is 0 Å². The lowest BCUT2D eigenvalue weighted by Crippen LogP contribution is -2.29. The molecule has 3 N–H and O–H groups in total. The summed E-state index contributed by atoms with van der Waals surface area (Å²) >= 11 is 0. The van der Waals surface area contributed by atoms with E-state index in [0.717, 1.165) is 32.1 Å². The highest BCUT2D eigenvalue weighted by atomic mass is 31.2. The van der Waals surface area contributed by atoms with Crippen LogP contribution < -0.4 is 5.73 Å². The molecule has 448 valence electrons. The van der Waals surface area contributed by atoms with Crippen molar-refractivity contribution in [1.82, 2.24) is 0 Å². The molecule has 0 spiro atoms. The second-order valence-corrected chi connectivity index (χ2v) is 24.5. The molecule has 0 saturated heterocycles. The van der Waals surface area contributed by atoms with Crippen molar-refractivity contribution in [2.45, 2.75) is 380 Å². The molecule has 0 amide bonds. The highest BCUT2D eigenvalue weighted by Gasteiger charge is 2.26. The normalized spacial score (nSPS) is 12.9. The maximum absolute atomic E-state index is 12.7. The average molecular weight is 1080 g/mol. The lowest BCUT2D eigenvalue weighted by Gasteiger charge is -2.19. The van der Waals surface area contributed by atoms with Crippen LogP contribution in [0.1, 0.15) is 373 Å². The number of ether oxygens (including phenoxy) is 2. The van der Waals surface area contributed by atoms with Crippen LogP contribution >= 0.6 is 7.82 Å². The number of unbranched alkanes of at least 4 members (excludes halogenated alkanes) is 52. The number of rotatable bonds is 65. The van der Waals surface area contributed by atoms with Crippen molar-refractivity contribution in [3.05, 3.63) is 0 Å². The Morgan fingerprint density at radius 3 is 0.813 bits per heavy atom. The van der Waals surface area contributed by atoms with Crippen LogP contribution in [0.4, 0.5) is 0 Å². The number of phosphoric ester groups is 1. The van der Waals surface area contributed by atoms with E-state index < -0.39 is 26.5 Å². The minimum atomic E-state index is -4.38. The predicted octanol–water partition coefficient (Wildman–Crippen LogP) is 21.4. The standard InChI is InChI=1S/C65H130NO8P/c1-3-5-7-9-11-13-15-17-19-20-21-22-23-24-25-26-27-28-29-30-31-32-33-34-35-36-37-38-39-40-41-42-44-46-48-50-52-54-56-58-65(68)74-63(62-73-75(69,70)72-60-59-66)61-71-64(67)57-55-53-51-49-47-45-43-18-16-14-12-10-8-6-4-2/h63H,3-62,66H2,1-2H3,(H,69,70). The van der Waals surface area contributed by atoms with E-state index >= 15 is 0 Å². The number of hydrogen-bond acceptors (Lipinski definition) is 8. The fourth-order valence-electron chi connectivity index (χ4n) is 10.5. The van der Waals surface area contributed by atoms with E-state index in [4.69, 9.17) is 24.3 Å². The third kappa shape index (κ3) is 62.1. The molecule has 0 radical (unpaired) electrons. The Balaban J connectivity index is 3.69. The molecular formula is C65H130NO8P. The molecule has 2 atom stereocenters. The monoisotopic (exact) mass is 1080 g/mol. The second-order valence-electron chi connectivity index (χ2n) is 23.1. The Morgan fingerprint density at radius 1 is 0.347 bits per heavy atom. The van der Waals surface area contributed by atoms with Gasteiger partial charge in [0.2, 0.25) is 0 Å². The van der Waals surface area contributed by atoms with Crippen LogP contribution in [-0.4, -0.2) is 49.3 Å². The first-order valence-electron chi connectivity index (χ1n) is 33.5. The molecule has 0 aliphatic heterocycles. The van der Waals surface area contributed by atoms with Crippen LogP contribution in [0, 0.1) is 0 Å². The highest BCUT2D eigenvalue weighted by molar-refractivity contribution is 7.47. The van der Waals surface area contributed by atoms with Gasteiger partial charge in [0.05, 0.1) is 13.2 Å². The van der Waals surface area contributed by atoms with Crippen LogP contribution in [0.3, 0.4) is 0 Å². The molecule has 0 rings (SSSR count). The molecule has 0 fully saturated rings. The number of carbonyl (C=O) groups is 2. The number of carbonyl (C=O) groups excluding carboxylic acids is 2.